The average molecular weight is 270 g/mol. The van der Waals surface area contributed by atoms with Gasteiger partial charge in [-0.05, 0) is 6.07 Å². The van der Waals surface area contributed by atoms with Crippen molar-refractivity contribution < 1.29 is 4.79 Å². The molecule has 0 bridgehead atoms. The summed E-state index contributed by atoms with van der Waals surface area (Å²) in [6.45, 7) is 3.86. The fourth-order valence-corrected chi connectivity index (χ4v) is 2.81. The summed E-state index contributed by atoms with van der Waals surface area (Å²) in [5.74, 6) is 0.181. The number of aromatic nitrogens is 2. The molecule has 0 radical (unpaired) electrons. The molecular formula is C15H14N2OS. The number of fused-ring (bicyclic) bond motifs is 1. The number of carbonyl (C=O) groups excluding carboxylic acids is 1. The maximum absolute atomic E-state index is 12.3. The van der Waals surface area contributed by atoms with E-state index >= 15 is 0 Å². The van der Waals surface area contributed by atoms with Gasteiger partial charge in [0.1, 0.15) is 5.00 Å². The molecule has 0 aliphatic heterocycles. The third-order valence-corrected chi connectivity index (χ3v) is 3.93. The van der Waals surface area contributed by atoms with Crippen molar-refractivity contribution in [2.24, 2.45) is 5.92 Å². The van der Waals surface area contributed by atoms with Crippen LogP contribution in [-0.4, -0.2) is 15.3 Å². The van der Waals surface area contributed by atoms with Gasteiger partial charge in [0.2, 0.25) is 0 Å². The molecule has 0 saturated heterocycles. The Bertz CT molecular complexity index is 726. The van der Waals surface area contributed by atoms with E-state index in [2.05, 4.69) is 4.98 Å². The summed E-state index contributed by atoms with van der Waals surface area (Å²) in [5.41, 5.74) is 3.64. The number of nitrogens with zero attached hydrogens (tertiary/aromatic N) is 2. The van der Waals surface area contributed by atoms with Crippen LogP contribution in [0, 0.1) is 5.92 Å². The minimum absolute atomic E-state index is 0.000664. The molecule has 0 spiro atoms. The SMILES string of the molecule is CC(C)C(=O)c1cn(-c2cncs2)c2ccccc12. The molecule has 0 N–H and O–H groups in total. The molecule has 2 aromatic heterocycles. The number of rotatable bonds is 3. The van der Waals surface area contributed by atoms with Gasteiger partial charge >= 0.3 is 0 Å². The minimum atomic E-state index is 0.000664. The first-order chi connectivity index (χ1) is 9.18. The van der Waals surface area contributed by atoms with Crippen LogP contribution in [0.25, 0.3) is 15.9 Å². The molecule has 0 unspecified atom stereocenters. The zero-order valence-corrected chi connectivity index (χ0v) is 11.6. The predicted octanol–water partition coefficient (Wildman–Crippen LogP) is 3.93. The molecule has 0 aliphatic rings. The van der Waals surface area contributed by atoms with Crippen molar-refractivity contribution in [2.45, 2.75) is 13.8 Å². The summed E-state index contributed by atoms with van der Waals surface area (Å²) >= 11 is 1.56. The number of hydrogen-bond acceptors (Lipinski definition) is 3. The van der Waals surface area contributed by atoms with E-state index in [4.69, 9.17) is 0 Å². The van der Waals surface area contributed by atoms with E-state index in [9.17, 15) is 4.79 Å². The van der Waals surface area contributed by atoms with Crippen LogP contribution in [0.3, 0.4) is 0 Å². The number of carbonyl (C=O) groups is 1. The molecule has 2 heterocycles. The highest BCUT2D eigenvalue weighted by Crippen LogP contribution is 2.27. The van der Waals surface area contributed by atoms with Crippen LogP contribution in [0.1, 0.15) is 24.2 Å². The molecule has 3 rings (SSSR count). The summed E-state index contributed by atoms with van der Waals surface area (Å²) in [5, 5.41) is 2.04. The maximum atomic E-state index is 12.3. The van der Waals surface area contributed by atoms with Gasteiger partial charge in [-0.1, -0.05) is 32.0 Å². The zero-order valence-electron chi connectivity index (χ0n) is 10.8. The van der Waals surface area contributed by atoms with E-state index in [1.54, 1.807) is 16.8 Å². The fraction of sp³-hybridized carbons (Fsp3) is 0.200. The number of ketones is 1. The quantitative estimate of drug-likeness (QED) is 0.676. The first-order valence-electron chi connectivity index (χ1n) is 6.21. The van der Waals surface area contributed by atoms with Gasteiger partial charge in [-0.15, -0.1) is 11.3 Å². The lowest BCUT2D eigenvalue weighted by molar-refractivity contribution is 0.0941. The molecule has 19 heavy (non-hydrogen) atoms. The molecule has 0 amide bonds. The Morgan fingerprint density at radius 2 is 2.11 bits per heavy atom. The van der Waals surface area contributed by atoms with E-state index in [-0.39, 0.29) is 11.7 Å². The molecule has 4 heteroatoms. The predicted molar refractivity (Wildman–Crippen MR) is 78.1 cm³/mol. The van der Waals surface area contributed by atoms with E-state index in [1.807, 2.05) is 55.1 Å². The van der Waals surface area contributed by atoms with Crippen molar-refractivity contribution in [3.05, 3.63) is 47.7 Å². The molecule has 0 fully saturated rings. The molecule has 3 nitrogen and oxygen atoms in total. The highest BCUT2D eigenvalue weighted by molar-refractivity contribution is 7.12. The highest BCUT2D eigenvalue weighted by atomic mass is 32.1. The van der Waals surface area contributed by atoms with E-state index in [0.29, 0.717) is 0 Å². The van der Waals surface area contributed by atoms with Crippen molar-refractivity contribution in [1.29, 1.82) is 0 Å². The lowest BCUT2D eigenvalue weighted by Crippen LogP contribution is -2.06. The van der Waals surface area contributed by atoms with Crippen molar-refractivity contribution in [3.8, 4) is 5.00 Å². The first-order valence-corrected chi connectivity index (χ1v) is 7.09. The van der Waals surface area contributed by atoms with Gasteiger partial charge in [-0.2, -0.15) is 0 Å². The third kappa shape index (κ3) is 1.98. The Morgan fingerprint density at radius 3 is 2.79 bits per heavy atom. The van der Waals surface area contributed by atoms with Crippen molar-refractivity contribution in [3.63, 3.8) is 0 Å². The van der Waals surface area contributed by atoms with E-state index in [1.165, 1.54) is 0 Å². The molecule has 1 aromatic carbocycles. The monoisotopic (exact) mass is 270 g/mol. The molecular weight excluding hydrogens is 256 g/mol. The molecule has 0 aliphatic carbocycles. The minimum Gasteiger partial charge on any atom is -0.306 e. The van der Waals surface area contributed by atoms with Gasteiger partial charge in [0.25, 0.3) is 0 Å². The lowest BCUT2D eigenvalue weighted by Gasteiger charge is -2.01. The average Bonchev–Trinajstić information content (AvgIpc) is 3.04. The van der Waals surface area contributed by atoms with Gasteiger partial charge in [-0.3, -0.25) is 9.78 Å². The second-order valence-electron chi connectivity index (χ2n) is 4.79. The summed E-state index contributed by atoms with van der Waals surface area (Å²) < 4.78 is 2.04. The standard InChI is InChI=1S/C15H14N2OS/c1-10(2)15(18)12-8-17(14-7-16-9-19-14)13-6-4-3-5-11(12)13/h3-10H,1-2H3. The topological polar surface area (TPSA) is 34.9 Å². The van der Waals surface area contributed by atoms with Gasteiger partial charge in [0.15, 0.2) is 5.78 Å². The van der Waals surface area contributed by atoms with Crippen LogP contribution in [-0.2, 0) is 0 Å². The van der Waals surface area contributed by atoms with Gasteiger partial charge in [0.05, 0.1) is 17.2 Å². The lowest BCUT2D eigenvalue weighted by atomic mass is 10.0. The van der Waals surface area contributed by atoms with E-state index in [0.717, 1.165) is 21.5 Å². The number of thiazole rings is 1. The van der Waals surface area contributed by atoms with Gasteiger partial charge < -0.3 is 4.57 Å². The van der Waals surface area contributed by atoms with Crippen molar-refractivity contribution in [1.82, 2.24) is 9.55 Å². The van der Waals surface area contributed by atoms with Crippen LogP contribution in [0.5, 0.6) is 0 Å². The summed E-state index contributed by atoms with van der Waals surface area (Å²) in [6.07, 6.45) is 3.75. The Balaban J connectivity index is 2.28. The fourth-order valence-electron chi connectivity index (χ4n) is 2.20. The molecule has 3 aromatic rings. The normalized spacial score (nSPS) is 11.3. The maximum Gasteiger partial charge on any atom is 0.167 e. The number of para-hydroxylation sites is 1. The third-order valence-electron chi connectivity index (χ3n) is 3.16. The summed E-state index contributed by atoms with van der Waals surface area (Å²) in [4.78, 5) is 16.4. The Hall–Kier alpha value is -1.94. The van der Waals surface area contributed by atoms with Crippen LogP contribution in [0.4, 0.5) is 0 Å². The van der Waals surface area contributed by atoms with Gasteiger partial charge in [-0.25, -0.2) is 0 Å². The smallest absolute Gasteiger partial charge is 0.167 e. The van der Waals surface area contributed by atoms with Crippen molar-refractivity contribution >= 4 is 28.0 Å². The van der Waals surface area contributed by atoms with Crippen LogP contribution in [0.15, 0.2) is 42.2 Å². The molecule has 0 atom stereocenters. The number of Topliss-reactive ketones (excluding diaryl/α,β-unsaturated/α-hetero) is 1. The van der Waals surface area contributed by atoms with Crippen molar-refractivity contribution in [2.75, 3.05) is 0 Å². The van der Waals surface area contributed by atoms with E-state index < -0.39 is 0 Å². The highest BCUT2D eigenvalue weighted by Gasteiger charge is 2.18. The Labute approximate surface area is 115 Å². The summed E-state index contributed by atoms with van der Waals surface area (Å²) in [6, 6.07) is 7.99. The number of benzene rings is 1. The van der Waals surface area contributed by atoms with Crippen LogP contribution < -0.4 is 0 Å². The Morgan fingerprint density at radius 1 is 1.32 bits per heavy atom. The second-order valence-corrected chi connectivity index (χ2v) is 5.65. The van der Waals surface area contributed by atoms with Crippen LogP contribution in [0.2, 0.25) is 0 Å². The Kier molecular flexibility index (Phi) is 2.95. The second kappa shape index (κ2) is 4.63. The van der Waals surface area contributed by atoms with Crippen LogP contribution >= 0.6 is 11.3 Å². The van der Waals surface area contributed by atoms with Gasteiger partial charge in [0, 0.05) is 23.1 Å². The zero-order chi connectivity index (χ0) is 13.4. The molecule has 0 saturated carbocycles. The molecule has 96 valence electrons. The summed E-state index contributed by atoms with van der Waals surface area (Å²) in [7, 11) is 0. The number of hydrogen-bond donors (Lipinski definition) is 0. The largest absolute Gasteiger partial charge is 0.306 e. The first kappa shape index (κ1) is 12.1.